The van der Waals surface area contributed by atoms with Crippen LogP contribution in [0.3, 0.4) is 0 Å². The molecule has 5 nitrogen and oxygen atoms in total. The molecule has 0 atom stereocenters. The number of fused-ring (bicyclic) bond motifs is 7. The number of benzene rings is 9. The normalized spacial score (nSPS) is 11.7. The van der Waals surface area contributed by atoms with Crippen molar-refractivity contribution in [1.82, 2.24) is 19.5 Å². The van der Waals surface area contributed by atoms with Crippen molar-refractivity contribution in [2.45, 2.75) is 0 Å². The first-order chi connectivity index (χ1) is 29.7. The number of nitrogens with zero attached hydrogens (tertiary/aromatic N) is 4. The fourth-order valence-corrected chi connectivity index (χ4v) is 8.78. The van der Waals surface area contributed by atoms with Crippen molar-refractivity contribution in [3.63, 3.8) is 0 Å². The number of para-hydroxylation sites is 3. The van der Waals surface area contributed by atoms with Crippen molar-refractivity contribution in [1.29, 1.82) is 0 Å². The maximum atomic E-state index is 6.74. The SMILES string of the molecule is c1ccc(-c2cccc(-c3nc(-c4ccccc4)nc(-c4ccc(-n5c6ccccc6c6cc7ccccc7cc65)c(-c5cccc6c5oc5ccccc56)c4)n3)c2)cc1. The van der Waals surface area contributed by atoms with E-state index in [0.717, 1.165) is 77.6 Å². The van der Waals surface area contributed by atoms with Gasteiger partial charge >= 0.3 is 0 Å². The maximum absolute atomic E-state index is 6.74. The molecule has 0 saturated heterocycles. The molecule has 0 aliphatic carbocycles. The molecule has 9 aromatic carbocycles. The molecule has 0 fully saturated rings. The van der Waals surface area contributed by atoms with Crippen LogP contribution in [0.25, 0.3) is 117 Å². The van der Waals surface area contributed by atoms with E-state index < -0.39 is 0 Å². The Morgan fingerprint density at radius 1 is 0.333 bits per heavy atom. The van der Waals surface area contributed by atoms with Crippen molar-refractivity contribution in [3.05, 3.63) is 206 Å². The third-order valence-corrected chi connectivity index (χ3v) is 11.6. The van der Waals surface area contributed by atoms with Crippen LogP contribution in [-0.4, -0.2) is 19.5 Å². The summed E-state index contributed by atoms with van der Waals surface area (Å²) in [6, 6.07) is 72.2. The second kappa shape index (κ2) is 13.8. The summed E-state index contributed by atoms with van der Waals surface area (Å²) in [7, 11) is 0. The Bertz CT molecular complexity index is 3610. The molecule has 0 amide bonds. The lowest BCUT2D eigenvalue weighted by Gasteiger charge is -2.17. The van der Waals surface area contributed by atoms with Gasteiger partial charge in [-0.1, -0.05) is 158 Å². The highest BCUT2D eigenvalue weighted by molar-refractivity contribution is 6.15. The Labute approximate surface area is 345 Å². The summed E-state index contributed by atoms with van der Waals surface area (Å²) in [5, 5.41) is 6.96. The topological polar surface area (TPSA) is 56.7 Å². The highest BCUT2D eigenvalue weighted by Gasteiger charge is 2.22. The van der Waals surface area contributed by atoms with Gasteiger partial charge in [-0.3, -0.25) is 0 Å². The van der Waals surface area contributed by atoms with Crippen LogP contribution >= 0.6 is 0 Å². The van der Waals surface area contributed by atoms with E-state index in [1.165, 1.54) is 21.5 Å². The molecule has 280 valence electrons. The second-order valence-corrected chi connectivity index (χ2v) is 15.2. The Morgan fingerprint density at radius 2 is 0.917 bits per heavy atom. The van der Waals surface area contributed by atoms with Gasteiger partial charge < -0.3 is 8.98 Å². The fraction of sp³-hybridized carbons (Fsp3) is 0. The van der Waals surface area contributed by atoms with Gasteiger partial charge in [-0.15, -0.1) is 0 Å². The van der Waals surface area contributed by atoms with Gasteiger partial charge in [-0.25, -0.2) is 15.0 Å². The molecular weight excluding hydrogens is 733 g/mol. The van der Waals surface area contributed by atoms with E-state index in [-0.39, 0.29) is 0 Å². The molecule has 0 spiro atoms. The Morgan fingerprint density at radius 3 is 1.72 bits per heavy atom. The highest BCUT2D eigenvalue weighted by Crippen LogP contribution is 2.43. The fourth-order valence-electron chi connectivity index (χ4n) is 8.78. The number of hydrogen-bond donors (Lipinski definition) is 0. The molecule has 3 heterocycles. The minimum atomic E-state index is 0.585. The molecule has 0 radical (unpaired) electrons. The van der Waals surface area contributed by atoms with Crippen LogP contribution < -0.4 is 0 Å². The Balaban J connectivity index is 1.13. The Hall–Kier alpha value is -8.15. The van der Waals surface area contributed by atoms with Gasteiger partial charge in [-0.05, 0) is 70.4 Å². The lowest BCUT2D eigenvalue weighted by molar-refractivity contribution is 0.670. The van der Waals surface area contributed by atoms with Crippen molar-refractivity contribution >= 4 is 54.5 Å². The smallest absolute Gasteiger partial charge is 0.164 e. The van der Waals surface area contributed by atoms with E-state index in [1.54, 1.807) is 0 Å². The van der Waals surface area contributed by atoms with E-state index in [0.29, 0.717) is 17.5 Å². The summed E-state index contributed by atoms with van der Waals surface area (Å²) in [5.74, 6) is 1.80. The molecular formula is C55H34N4O. The zero-order chi connectivity index (χ0) is 39.6. The average Bonchev–Trinajstić information content (AvgIpc) is 3.86. The molecule has 60 heavy (non-hydrogen) atoms. The maximum Gasteiger partial charge on any atom is 0.164 e. The number of aromatic nitrogens is 4. The van der Waals surface area contributed by atoms with Gasteiger partial charge in [0, 0.05) is 49.4 Å². The molecule has 0 saturated carbocycles. The van der Waals surface area contributed by atoms with E-state index in [4.69, 9.17) is 19.4 Å². The summed E-state index contributed by atoms with van der Waals surface area (Å²) in [4.78, 5) is 15.5. The highest BCUT2D eigenvalue weighted by atomic mass is 16.3. The second-order valence-electron chi connectivity index (χ2n) is 15.2. The van der Waals surface area contributed by atoms with Gasteiger partial charge in [0.05, 0.1) is 16.7 Å². The molecule has 0 N–H and O–H groups in total. The summed E-state index contributed by atoms with van der Waals surface area (Å²) < 4.78 is 9.14. The van der Waals surface area contributed by atoms with Gasteiger partial charge in [-0.2, -0.15) is 0 Å². The van der Waals surface area contributed by atoms with Crippen molar-refractivity contribution in [2.75, 3.05) is 0 Å². The van der Waals surface area contributed by atoms with E-state index >= 15 is 0 Å². The number of hydrogen-bond acceptors (Lipinski definition) is 4. The van der Waals surface area contributed by atoms with Crippen LogP contribution in [0.15, 0.2) is 211 Å². The molecule has 0 aliphatic rings. The summed E-state index contributed by atoms with van der Waals surface area (Å²) >= 11 is 0. The van der Waals surface area contributed by atoms with Crippen LogP contribution in [0.2, 0.25) is 0 Å². The molecule has 0 bridgehead atoms. The molecule has 0 aliphatic heterocycles. The minimum Gasteiger partial charge on any atom is -0.455 e. The first kappa shape index (κ1) is 33.9. The largest absolute Gasteiger partial charge is 0.455 e. The molecule has 3 aromatic heterocycles. The van der Waals surface area contributed by atoms with Gasteiger partial charge in [0.2, 0.25) is 0 Å². The van der Waals surface area contributed by atoms with Crippen molar-refractivity contribution < 1.29 is 4.42 Å². The molecule has 12 rings (SSSR count). The van der Waals surface area contributed by atoms with E-state index in [1.807, 2.05) is 48.5 Å². The van der Waals surface area contributed by atoms with E-state index in [9.17, 15) is 0 Å². The average molecular weight is 767 g/mol. The quantitative estimate of drug-likeness (QED) is 0.169. The predicted octanol–water partition coefficient (Wildman–Crippen LogP) is 14.4. The van der Waals surface area contributed by atoms with Crippen molar-refractivity contribution in [3.8, 4) is 62.1 Å². The van der Waals surface area contributed by atoms with Gasteiger partial charge in [0.25, 0.3) is 0 Å². The zero-order valence-electron chi connectivity index (χ0n) is 32.3. The third kappa shape index (κ3) is 5.59. The van der Waals surface area contributed by atoms with Crippen LogP contribution in [0.1, 0.15) is 0 Å². The summed E-state index contributed by atoms with van der Waals surface area (Å²) in [6.07, 6.45) is 0. The lowest BCUT2D eigenvalue weighted by atomic mass is 9.97. The van der Waals surface area contributed by atoms with Crippen molar-refractivity contribution in [2.24, 2.45) is 0 Å². The van der Waals surface area contributed by atoms with Gasteiger partial charge in [0.1, 0.15) is 11.2 Å². The molecule has 0 unspecified atom stereocenters. The van der Waals surface area contributed by atoms with Crippen LogP contribution in [0.5, 0.6) is 0 Å². The monoisotopic (exact) mass is 766 g/mol. The first-order valence-electron chi connectivity index (χ1n) is 20.2. The first-order valence-corrected chi connectivity index (χ1v) is 20.2. The molecule has 5 heteroatoms. The summed E-state index contributed by atoms with van der Waals surface area (Å²) in [6.45, 7) is 0. The van der Waals surface area contributed by atoms with Crippen LogP contribution in [0, 0.1) is 0 Å². The zero-order valence-corrected chi connectivity index (χ0v) is 32.3. The lowest BCUT2D eigenvalue weighted by Crippen LogP contribution is -2.02. The van der Waals surface area contributed by atoms with E-state index in [2.05, 4.69) is 162 Å². The number of furan rings is 1. The standard InChI is InChI=1S/C55H34N4O/c1-3-15-35(16-4-1)37-21-13-22-40(31-37)54-56-53(36-17-5-2-6-18-36)57-55(58-54)41-29-30-49(47(33-41)45-26-14-25-44-43-24-10-12-28-51(43)60-52(44)45)59-48-27-11-9-23-42(48)46-32-38-19-7-8-20-39(38)34-50(46)59/h1-34H. The summed E-state index contributed by atoms with van der Waals surface area (Å²) in [5.41, 5.74) is 11.9. The third-order valence-electron chi connectivity index (χ3n) is 11.6. The van der Waals surface area contributed by atoms with Gasteiger partial charge in [0.15, 0.2) is 17.5 Å². The molecule has 12 aromatic rings. The predicted molar refractivity (Wildman–Crippen MR) is 246 cm³/mol. The van der Waals surface area contributed by atoms with Crippen LogP contribution in [-0.2, 0) is 0 Å². The minimum absolute atomic E-state index is 0.585. The Kier molecular flexibility index (Phi) is 7.78. The van der Waals surface area contributed by atoms with Crippen LogP contribution in [0.4, 0.5) is 0 Å². The number of rotatable bonds is 6.